The van der Waals surface area contributed by atoms with Crippen molar-refractivity contribution in [3.63, 3.8) is 0 Å². The number of nitrogens with two attached hydrogens (primary N) is 1. The molecular formula is C23H24N4O4S. The van der Waals surface area contributed by atoms with Crippen molar-refractivity contribution in [1.82, 2.24) is 9.78 Å². The van der Waals surface area contributed by atoms with Crippen LogP contribution in [0.3, 0.4) is 0 Å². The number of benzene rings is 1. The molecule has 2 aromatic heterocycles. The van der Waals surface area contributed by atoms with Crippen LogP contribution in [-0.2, 0) is 33.6 Å². The zero-order valence-electron chi connectivity index (χ0n) is 17.9. The lowest BCUT2D eigenvalue weighted by Gasteiger charge is -2.08. The molecule has 1 aliphatic rings. The van der Waals surface area contributed by atoms with Gasteiger partial charge in [-0.15, -0.1) is 11.3 Å². The van der Waals surface area contributed by atoms with E-state index in [1.807, 2.05) is 44.2 Å². The van der Waals surface area contributed by atoms with Crippen LogP contribution in [0.5, 0.6) is 0 Å². The zero-order valence-corrected chi connectivity index (χ0v) is 18.8. The number of rotatable bonds is 7. The third kappa shape index (κ3) is 4.29. The first kappa shape index (κ1) is 21.8. The van der Waals surface area contributed by atoms with Gasteiger partial charge in [-0.25, -0.2) is 4.68 Å². The van der Waals surface area contributed by atoms with Crippen molar-refractivity contribution in [1.29, 1.82) is 0 Å². The Morgan fingerprint density at radius 1 is 1.19 bits per heavy atom. The summed E-state index contributed by atoms with van der Waals surface area (Å²) in [5.74, 6) is -1.59. The number of aryl methyl sites for hydroxylation is 2. The van der Waals surface area contributed by atoms with Crippen molar-refractivity contribution in [2.24, 2.45) is 5.73 Å². The number of para-hydroxylation sites is 1. The van der Waals surface area contributed by atoms with Crippen LogP contribution in [0.2, 0.25) is 0 Å². The lowest BCUT2D eigenvalue weighted by Crippen LogP contribution is -2.23. The number of anilines is 1. The molecule has 0 saturated carbocycles. The number of aromatic nitrogens is 2. The number of esters is 1. The zero-order chi connectivity index (χ0) is 22.8. The Balaban J connectivity index is 1.38. The number of carbonyl (C=O) groups excluding carboxylic acids is 3. The van der Waals surface area contributed by atoms with Crippen molar-refractivity contribution < 1.29 is 19.1 Å². The Morgan fingerprint density at radius 2 is 1.94 bits per heavy atom. The van der Waals surface area contributed by atoms with Gasteiger partial charge in [-0.3, -0.25) is 14.4 Å². The predicted molar refractivity (Wildman–Crippen MR) is 121 cm³/mol. The van der Waals surface area contributed by atoms with Crippen LogP contribution >= 0.6 is 11.3 Å². The van der Waals surface area contributed by atoms with Gasteiger partial charge in [-0.1, -0.05) is 18.2 Å². The van der Waals surface area contributed by atoms with E-state index in [1.165, 1.54) is 11.3 Å². The lowest BCUT2D eigenvalue weighted by atomic mass is 10.1. The number of nitrogens with zero attached hydrogens (tertiary/aromatic N) is 2. The van der Waals surface area contributed by atoms with Crippen LogP contribution in [0.1, 0.15) is 44.2 Å². The molecule has 0 unspecified atom stereocenters. The Labute approximate surface area is 189 Å². The lowest BCUT2D eigenvalue weighted by molar-refractivity contribution is -0.146. The second-order valence-corrected chi connectivity index (χ2v) is 8.81. The van der Waals surface area contributed by atoms with E-state index in [9.17, 15) is 14.4 Å². The third-order valence-corrected chi connectivity index (χ3v) is 6.76. The maximum absolute atomic E-state index is 12.4. The molecule has 0 aliphatic heterocycles. The maximum atomic E-state index is 12.4. The van der Waals surface area contributed by atoms with Crippen molar-refractivity contribution in [3.8, 4) is 5.69 Å². The summed E-state index contributed by atoms with van der Waals surface area (Å²) in [6.45, 7) is 3.29. The van der Waals surface area contributed by atoms with Crippen molar-refractivity contribution in [2.45, 2.75) is 39.5 Å². The van der Waals surface area contributed by atoms with Crippen molar-refractivity contribution >= 4 is 34.1 Å². The molecule has 0 bridgehead atoms. The Hall–Kier alpha value is -3.46. The molecule has 3 N–H and O–H groups in total. The topological polar surface area (TPSA) is 116 Å². The Kier molecular flexibility index (Phi) is 6.09. The molecule has 8 nitrogen and oxygen atoms in total. The highest BCUT2D eigenvalue weighted by Crippen LogP contribution is 2.38. The summed E-state index contributed by atoms with van der Waals surface area (Å²) < 4.78 is 6.97. The summed E-state index contributed by atoms with van der Waals surface area (Å²) in [4.78, 5) is 37.7. The molecule has 2 heterocycles. The Bertz CT molecular complexity index is 1200. The van der Waals surface area contributed by atoms with Gasteiger partial charge in [0.25, 0.3) is 11.8 Å². The van der Waals surface area contributed by atoms with Gasteiger partial charge >= 0.3 is 5.97 Å². The first-order valence-corrected chi connectivity index (χ1v) is 11.2. The quantitative estimate of drug-likeness (QED) is 0.535. The van der Waals surface area contributed by atoms with Gasteiger partial charge in [-0.05, 0) is 50.8 Å². The van der Waals surface area contributed by atoms with Gasteiger partial charge in [0.05, 0.1) is 23.4 Å². The standard InChI is InChI=1S/C23H24N4O4S/c1-13-17(14(2)27(26-13)15-7-4-3-5-8-15)11-20(29)31-12-19(28)25-23-21(22(24)30)16-9-6-10-18(16)32-23/h3-5,7-8H,6,9-12H2,1-2H3,(H2,24,30)(H,25,28). The average molecular weight is 453 g/mol. The van der Waals surface area contributed by atoms with E-state index in [2.05, 4.69) is 10.4 Å². The number of fused-ring (bicyclic) bond motifs is 1. The highest BCUT2D eigenvalue weighted by Gasteiger charge is 2.26. The summed E-state index contributed by atoms with van der Waals surface area (Å²) in [6.07, 6.45) is 2.65. The van der Waals surface area contributed by atoms with Gasteiger partial charge in [0, 0.05) is 16.1 Å². The number of amides is 2. The van der Waals surface area contributed by atoms with E-state index in [1.54, 1.807) is 4.68 Å². The number of primary amides is 1. The van der Waals surface area contributed by atoms with Gasteiger partial charge in [-0.2, -0.15) is 5.10 Å². The van der Waals surface area contributed by atoms with Crippen LogP contribution in [0, 0.1) is 13.8 Å². The van der Waals surface area contributed by atoms with E-state index in [0.717, 1.165) is 52.3 Å². The molecule has 2 amide bonds. The van der Waals surface area contributed by atoms with Crippen LogP contribution in [0.4, 0.5) is 5.00 Å². The summed E-state index contributed by atoms with van der Waals surface area (Å²) in [7, 11) is 0. The van der Waals surface area contributed by atoms with Crippen LogP contribution in [0.15, 0.2) is 30.3 Å². The SMILES string of the molecule is Cc1nn(-c2ccccc2)c(C)c1CC(=O)OCC(=O)Nc1sc2c(c1C(N)=O)CCC2. The number of ether oxygens (including phenoxy) is 1. The predicted octanol–water partition coefficient (Wildman–Crippen LogP) is 2.86. The monoisotopic (exact) mass is 452 g/mol. The highest BCUT2D eigenvalue weighted by atomic mass is 32.1. The average Bonchev–Trinajstić information content (AvgIpc) is 3.42. The van der Waals surface area contributed by atoms with Gasteiger partial charge < -0.3 is 15.8 Å². The highest BCUT2D eigenvalue weighted by molar-refractivity contribution is 7.17. The fraction of sp³-hybridized carbons (Fsp3) is 0.304. The second kappa shape index (κ2) is 8.96. The van der Waals surface area contributed by atoms with E-state index in [-0.39, 0.29) is 6.42 Å². The van der Waals surface area contributed by atoms with Crippen LogP contribution < -0.4 is 11.1 Å². The van der Waals surface area contributed by atoms with E-state index >= 15 is 0 Å². The minimum Gasteiger partial charge on any atom is -0.455 e. The maximum Gasteiger partial charge on any atom is 0.310 e. The van der Waals surface area contributed by atoms with Crippen molar-refractivity contribution in [2.75, 3.05) is 11.9 Å². The summed E-state index contributed by atoms with van der Waals surface area (Å²) >= 11 is 1.36. The molecule has 0 radical (unpaired) electrons. The van der Waals surface area contributed by atoms with E-state index in [0.29, 0.717) is 10.6 Å². The molecule has 3 aromatic rings. The summed E-state index contributed by atoms with van der Waals surface area (Å²) in [6, 6.07) is 9.64. The van der Waals surface area contributed by atoms with Crippen molar-refractivity contribution in [3.05, 3.63) is 63.3 Å². The molecule has 1 aromatic carbocycles. The largest absolute Gasteiger partial charge is 0.455 e. The van der Waals surface area contributed by atoms with E-state index in [4.69, 9.17) is 10.5 Å². The number of nitrogens with one attached hydrogen (secondary N) is 1. The fourth-order valence-corrected chi connectivity index (χ4v) is 5.32. The number of hydrogen-bond donors (Lipinski definition) is 2. The van der Waals surface area contributed by atoms with Gasteiger partial charge in [0.2, 0.25) is 0 Å². The Morgan fingerprint density at radius 3 is 2.66 bits per heavy atom. The molecule has 0 saturated heterocycles. The van der Waals surface area contributed by atoms with Crippen LogP contribution in [-0.4, -0.2) is 34.2 Å². The minimum absolute atomic E-state index is 0.0115. The van der Waals surface area contributed by atoms with Gasteiger partial charge in [0.1, 0.15) is 5.00 Å². The normalized spacial score (nSPS) is 12.4. The minimum atomic E-state index is -0.557. The molecule has 9 heteroatoms. The van der Waals surface area contributed by atoms with Gasteiger partial charge in [0.15, 0.2) is 6.61 Å². The fourth-order valence-electron chi connectivity index (χ4n) is 4.01. The summed E-state index contributed by atoms with van der Waals surface area (Å²) in [5.41, 5.74) is 10.1. The first-order valence-electron chi connectivity index (χ1n) is 10.4. The number of hydrogen-bond acceptors (Lipinski definition) is 6. The number of carbonyl (C=O) groups is 3. The third-order valence-electron chi connectivity index (χ3n) is 5.55. The van der Waals surface area contributed by atoms with Crippen LogP contribution in [0.25, 0.3) is 5.69 Å². The molecule has 166 valence electrons. The smallest absolute Gasteiger partial charge is 0.310 e. The second-order valence-electron chi connectivity index (χ2n) is 7.71. The molecule has 32 heavy (non-hydrogen) atoms. The molecule has 0 fully saturated rings. The molecule has 0 spiro atoms. The molecule has 4 rings (SSSR count). The first-order chi connectivity index (χ1) is 15.3. The van der Waals surface area contributed by atoms with E-state index < -0.39 is 24.4 Å². The molecule has 1 aliphatic carbocycles. The number of thiophene rings is 1. The molecule has 0 atom stereocenters. The molecular weight excluding hydrogens is 428 g/mol. The summed E-state index contributed by atoms with van der Waals surface area (Å²) in [5, 5.41) is 7.63.